The number of nitrogens with one attached hydrogen (secondary N) is 1. The molecule has 1 amide bonds. The first-order chi connectivity index (χ1) is 9.63. The molecule has 2 rings (SSSR count). The molecule has 20 heavy (non-hydrogen) atoms. The third-order valence-corrected chi connectivity index (χ3v) is 3.25. The van der Waals surface area contributed by atoms with Gasteiger partial charge in [-0.05, 0) is 29.8 Å². The van der Waals surface area contributed by atoms with E-state index >= 15 is 0 Å². The van der Waals surface area contributed by atoms with E-state index in [1.54, 1.807) is 36.4 Å². The molecular formula is C15H16ClNO3. The van der Waals surface area contributed by atoms with Crippen LogP contribution in [0, 0.1) is 0 Å². The summed E-state index contributed by atoms with van der Waals surface area (Å²) in [5.74, 6) is 0.648. The molecule has 1 atom stereocenters. The summed E-state index contributed by atoms with van der Waals surface area (Å²) in [6.45, 7) is 1.75. The normalized spacial score (nSPS) is 12.2. The zero-order valence-corrected chi connectivity index (χ0v) is 11.9. The van der Waals surface area contributed by atoms with Crippen molar-refractivity contribution >= 4 is 17.5 Å². The van der Waals surface area contributed by atoms with Gasteiger partial charge in [0.25, 0.3) is 5.91 Å². The Hall–Kier alpha value is -1.78. The van der Waals surface area contributed by atoms with Gasteiger partial charge in [0, 0.05) is 11.4 Å². The predicted octanol–water partition coefficient (Wildman–Crippen LogP) is 2.96. The van der Waals surface area contributed by atoms with Crippen LogP contribution in [0.25, 0.3) is 0 Å². The van der Waals surface area contributed by atoms with Crippen LogP contribution in [0.2, 0.25) is 5.02 Å². The first-order valence-corrected chi connectivity index (χ1v) is 6.77. The van der Waals surface area contributed by atoms with Crippen LogP contribution in [0.4, 0.5) is 0 Å². The van der Waals surface area contributed by atoms with Crippen molar-refractivity contribution in [2.45, 2.75) is 19.4 Å². The van der Waals surface area contributed by atoms with Crippen molar-refractivity contribution < 1.29 is 14.3 Å². The molecule has 0 aliphatic carbocycles. The summed E-state index contributed by atoms with van der Waals surface area (Å²) in [7, 11) is 0. The molecule has 2 aromatic rings. The van der Waals surface area contributed by atoms with E-state index in [1.165, 1.54) is 0 Å². The lowest BCUT2D eigenvalue weighted by molar-refractivity contribution is 0.0886. The Balaban J connectivity index is 2.09. The fourth-order valence-corrected chi connectivity index (χ4v) is 1.97. The summed E-state index contributed by atoms with van der Waals surface area (Å²) in [4.78, 5) is 12.0. The Labute approximate surface area is 122 Å². The second-order valence-corrected chi connectivity index (χ2v) is 4.82. The highest BCUT2D eigenvalue weighted by Gasteiger charge is 2.17. The highest BCUT2D eigenvalue weighted by atomic mass is 35.5. The Kier molecular flexibility index (Phi) is 4.82. The Morgan fingerprint density at radius 2 is 2.00 bits per heavy atom. The molecule has 1 aromatic carbocycles. The summed E-state index contributed by atoms with van der Waals surface area (Å²) in [5, 5.41) is 12.8. The molecule has 0 saturated heterocycles. The number of furan rings is 1. The maximum Gasteiger partial charge on any atom is 0.287 e. The van der Waals surface area contributed by atoms with Crippen LogP contribution >= 0.6 is 11.6 Å². The van der Waals surface area contributed by atoms with Gasteiger partial charge in [-0.25, -0.2) is 0 Å². The Bertz CT molecular complexity index is 577. The third kappa shape index (κ3) is 3.40. The van der Waals surface area contributed by atoms with Crippen LogP contribution in [0.1, 0.15) is 34.8 Å². The SMILES string of the molecule is CCc1ccc(C(=O)NC(CO)c2ccc(Cl)cc2)o1. The van der Waals surface area contributed by atoms with E-state index < -0.39 is 6.04 Å². The van der Waals surface area contributed by atoms with Gasteiger partial charge in [-0.15, -0.1) is 0 Å². The average molecular weight is 294 g/mol. The van der Waals surface area contributed by atoms with Gasteiger partial charge in [-0.3, -0.25) is 4.79 Å². The highest BCUT2D eigenvalue weighted by Crippen LogP contribution is 2.17. The van der Waals surface area contributed by atoms with Gasteiger partial charge in [-0.2, -0.15) is 0 Å². The lowest BCUT2D eigenvalue weighted by Gasteiger charge is -2.16. The number of carbonyl (C=O) groups excluding carboxylic acids is 1. The quantitative estimate of drug-likeness (QED) is 0.891. The minimum atomic E-state index is -0.491. The van der Waals surface area contributed by atoms with Gasteiger partial charge in [0.05, 0.1) is 12.6 Å². The lowest BCUT2D eigenvalue weighted by Crippen LogP contribution is -2.30. The molecule has 0 saturated carbocycles. The van der Waals surface area contributed by atoms with E-state index in [2.05, 4.69) is 5.32 Å². The lowest BCUT2D eigenvalue weighted by atomic mass is 10.1. The van der Waals surface area contributed by atoms with Crippen molar-refractivity contribution in [3.05, 3.63) is 58.5 Å². The van der Waals surface area contributed by atoms with Crippen LogP contribution in [0.15, 0.2) is 40.8 Å². The number of hydrogen-bond donors (Lipinski definition) is 2. The molecule has 0 spiro atoms. The maximum absolute atomic E-state index is 12.0. The summed E-state index contributed by atoms with van der Waals surface area (Å²) < 4.78 is 5.38. The Morgan fingerprint density at radius 3 is 2.55 bits per heavy atom. The molecule has 106 valence electrons. The minimum Gasteiger partial charge on any atom is -0.456 e. The third-order valence-electron chi connectivity index (χ3n) is 2.99. The van der Waals surface area contributed by atoms with Gasteiger partial charge in [0.15, 0.2) is 5.76 Å². The van der Waals surface area contributed by atoms with Crippen molar-refractivity contribution in [1.82, 2.24) is 5.32 Å². The first kappa shape index (κ1) is 14.6. The van der Waals surface area contributed by atoms with Crippen molar-refractivity contribution in [2.24, 2.45) is 0 Å². The van der Waals surface area contributed by atoms with E-state index in [1.807, 2.05) is 6.92 Å². The first-order valence-electron chi connectivity index (χ1n) is 6.40. The van der Waals surface area contributed by atoms with Gasteiger partial charge in [0.2, 0.25) is 0 Å². The zero-order valence-electron chi connectivity index (χ0n) is 11.1. The smallest absolute Gasteiger partial charge is 0.287 e. The highest BCUT2D eigenvalue weighted by molar-refractivity contribution is 6.30. The molecule has 0 fully saturated rings. The van der Waals surface area contributed by atoms with Crippen LogP contribution in [0.5, 0.6) is 0 Å². The van der Waals surface area contributed by atoms with E-state index in [-0.39, 0.29) is 18.3 Å². The molecule has 1 unspecified atom stereocenters. The van der Waals surface area contributed by atoms with Crippen LogP contribution in [0.3, 0.4) is 0 Å². The van der Waals surface area contributed by atoms with Gasteiger partial charge in [-0.1, -0.05) is 30.7 Å². The predicted molar refractivity (Wildman–Crippen MR) is 76.8 cm³/mol. The van der Waals surface area contributed by atoms with Crippen molar-refractivity contribution in [2.75, 3.05) is 6.61 Å². The zero-order chi connectivity index (χ0) is 14.5. The van der Waals surface area contributed by atoms with Crippen molar-refractivity contribution in [3.8, 4) is 0 Å². The maximum atomic E-state index is 12.0. The van der Waals surface area contributed by atoms with Gasteiger partial charge in [0.1, 0.15) is 5.76 Å². The summed E-state index contributed by atoms with van der Waals surface area (Å²) in [5.41, 5.74) is 0.785. The van der Waals surface area contributed by atoms with Crippen LogP contribution in [-0.4, -0.2) is 17.6 Å². The second-order valence-electron chi connectivity index (χ2n) is 4.38. The van der Waals surface area contributed by atoms with E-state index in [4.69, 9.17) is 16.0 Å². The summed E-state index contributed by atoms with van der Waals surface area (Å²) in [6.07, 6.45) is 0.730. The molecule has 0 aliphatic heterocycles. The molecule has 5 heteroatoms. The topological polar surface area (TPSA) is 62.5 Å². The number of amides is 1. The van der Waals surface area contributed by atoms with E-state index in [0.717, 1.165) is 17.7 Å². The fourth-order valence-electron chi connectivity index (χ4n) is 1.85. The van der Waals surface area contributed by atoms with Gasteiger partial charge < -0.3 is 14.8 Å². The molecule has 2 N–H and O–H groups in total. The molecule has 1 aromatic heterocycles. The van der Waals surface area contributed by atoms with Crippen LogP contribution < -0.4 is 5.32 Å². The van der Waals surface area contributed by atoms with E-state index in [9.17, 15) is 9.90 Å². The number of halogens is 1. The molecule has 0 aliphatic rings. The average Bonchev–Trinajstić information content (AvgIpc) is 2.94. The van der Waals surface area contributed by atoms with Crippen molar-refractivity contribution in [3.63, 3.8) is 0 Å². The largest absolute Gasteiger partial charge is 0.456 e. The molecule has 4 nitrogen and oxygen atoms in total. The summed E-state index contributed by atoms with van der Waals surface area (Å²) in [6, 6.07) is 9.87. The molecule has 0 radical (unpaired) electrons. The number of benzene rings is 1. The van der Waals surface area contributed by atoms with E-state index in [0.29, 0.717) is 5.02 Å². The number of aliphatic hydroxyl groups excluding tert-OH is 1. The monoisotopic (exact) mass is 293 g/mol. The minimum absolute atomic E-state index is 0.200. The van der Waals surface area contributed by atoms with Crippen LogP contribution in [-0.2, 0) is 6.42 Å². The number of hydrogen-bond acceptors (Lipinski definition) is 3. The summed E-state index contributed by atoms with van der Waals surface area (Å²) >= 11 is 5.82. The molecular weight excluding hydrogens is 278 g/mol. The number of aryl methyl sites for hydroxylation is 1. The number of rotatable bonds is 5. The number of aliphatic hydroxyl groups is 1. The number of carbonyl (C=O) groups is 1. The second kappa shape index (κ2) is 6.59. The Morgan fingerprint density at radius 1 is 1.30 bits per heavy atom. The molecule has 1 heterocycles. The fraction of sp³-hybridized carbons (Fsp3) is 0.267. The standard InChI is InChI=1S/C15H16ClNO3/c1-2-12-7-8-14(20-12)15(19)17-13(9-18)10-3-5-11(16)6-4-10/h3-8,13,18H,2,9H2,1H3,(H,17,19). The van der Waals surface area contributed by atoms with Gasteiger partial charge >= 0.3 is 0 Å². The van der Waals surface area contributed by atoms with Crippen molar-refractivity contribution in [1.29, 1.82) is 0 Å². The molecule has 0 bridgehead atoms.